The topological polar surface area (TPSA) is 67.5 Å². The van der Waals surface area contributed by atoms with Crippen LogP contribution >= 0.6 is 0 Å². The maximum Gasteiger partial charge on any atom is 0.240 e. The molecule has 0 aliphatic carbocycles. The first kappa shape index (κ1) is 16.2. The summed E-state index contributed by atoms with van der Waals surface area (Å²) in [5.74, 6) is -0.0173. The summed E-state index contributed by atoms with van der Waals surface area (Å²) < 4.78 is 0. The van der Waals surface area contributed by atoms with Gasteiger partial charge < -0.3 is 5.73 Å². The summed E-state index contributed by atoms with van der Waals surface area (Å²) in [7, 11) is 0. The molecular formula is C16H25N3O. The standard InChI is InChI=1S/C16H25N3O/c1-3-4-5-6-7-8-16(20)19-18-13(2)14-9-11-15(17)12-10-14/h9-12H,3-8,17H2,1-2H3,(H,19,20)/b18-13-. The van der Waals surface area contributed by atoms with E-state index in [1.807, 2.05) is 31.2 Å². The van der Waals surface area contributed by atoms with E-state index in [0.717, 1.165) is 29.8 Å². The number of hydrogen-bond donors (Lipinski definition) is 2. The van der Waals surface area contributed by atoms with E-state index in [1.54, 1.807) is 0 Å². The molecule has 110 valence electrons. The fourth-order valence-corrected chi connectivity index (χ4v) is 1.88. The minimum Gasteiger partial charge on any atom is -0.399 e. The number of rotatable bonds is 8. The summed E-state index contributed by atoms with van der Waals surface area (Å²) in [5, 5.41) is 4.12. The molecule has 0 radical (unpaired) electrons. The predicted molar refractivity (Wildman–Crippen MR) is 84.6 cm³/mol. The van der Waals surface area contributed by atoms with E-state index in [0.29, 0.717) is 6.42 Å². The fraction of sp³-hybridized carbons (Fsp3) is 0.500. The second-order valence-electron chi connectivity index (χ2n) is 5.02. The summed E-state index contributed by atoms with van der Waals surface area (Å²) in [6.45, 7) is 4.05. The molecule has 0 fully saturated rings. The number of carbonyl (C=O) groups excluding carboxylic acids is 1. The van der Waals surface area contributed by atoms with Crippen LogP contribution in [-0.4, -0.2) is 11.6 Å². The van der Waals surface area contributed by atoms with Crippen molar-refractivity contribution in [3.05, 3.63) is 29.8 Å². The second kappa shape index (κ2) is 9.13. The number of amides is 1. The highest BCUT2D eigenvalue weighted by molar-refractivity contribution is 5.99. The average molecular weight is 275 g/mol. The Hall–Kier alpha value is -1.84. The van der Waals surface area contributed by atoms with Gasteiger partial charge in [0.25, 0.3) is 0 Å². The summed E-state index contributed by atoms with van der Waals surface area (Å²) in [4.78, 5) is 11.6. The minimum absolute atomic E-state index is 0.0173. The number of nitrogens with one attached hydrogen (secondary N) is 1. The van der Waals surface area contributed by atoms with E-state index >= 15 is 0 Å². The van der Waals surface area contributed by atoms with Gasteiger partial charge in [-0.2, -0.15) is 5.10 Å². The van der Waals surface area contributed by atoms with Crippen LogP contribution < -0.4 is 11.2 Å². The molecule has 0 bridgehead atoms. The summed E-state index contributed by atoms with van der Waals surface area (Å²) in [6.07, 6.45) is 6.26. The number of nitrogens with zero attached hydrogens (tertiary/aromatic N) is 1. The number of benzene rings is 1. The van der Waals surface area contributed by atoms with Gasteiger partial charge in [-0.15, -0.1) is 0 Å². The van der Waals surface area contributed by atoms with Gasteiger partial charge in [0.2, 0.25) is 5.91 Å². The lowest BCUT2D eigenvalue weighted by Gasteiger charge is -2.03. The largest absolute Gasteiger partial charge is 0.399 e. The molecule has 4 nitrogen and oxygen atoms in total. The highest BCUT2D eigenvalue weighted by atomic mass is 16.2. The van der Waals surface area contributed by atoms with Crippen molar-refractivity contribution in [1.29, 1.82) is 0 Å². The van der Waals surface area contributed by atoms with Crippen LogP contribution in [0.1, 0.15) is 57.9 Å². The quantitative estimate of drug-likeness (QED) is 0.330. The number of hydrazone groups is 1. The van der Waals surface area contributed by atoms with E-state index < -0.39 is 0 Å². The van der Waals surface area contributed by atoms with Gasteiger partial charge in [0.05, 0.1) is 5.71 Å². The average Bonchev–Trinajstić information content (AvgIpc) is 2.45. The SMILES string of the molecule is CCCCCCCC(=O)N/N=C(/C)c1ccc(N)cc1. The molecule has 0 saturated carbocycles. The van der Waals surface area contributed by atoms with Gasteiger partial charge in [-0.05, 0) is 31.0 Å². The minimum atomic E-state index is -0.0173. The zero-order valence-corrected chi connectivity index (χ0v) is 12.5. The van der Waals surface area contributed by atoms with Crippen molar-refractivity contribution >= 4 is 17.3 Å². The van der Waals surface area contributed by atoms with Gasteiger partial charge >= 0.3 is 0 Å². The first-order valence-corrected chi connectivity index (χ1v) is 7.32. The Morgan fingerprint density at radius 1 is 1.15 bits per heavy atom. The van der Waals surface area contributed by atoms with Gasteiger partial charge in [0.15, 0.2) is 0 Å². The lowest BCUT2D eigenvalue weighted by atomic mass is 10.1. The highest BCUT2D eigenvalue weighted by Crippen LogP contribution is 2.07. The molecule has 0 saturated heterocycles. The molecule has 0 heterocycles. The maximum absolute atomic E-state index is 11.6. The number of unbranched alkanes of at least 4 members (excludes halogenated alkanes) is 4. The van der Waals surface area contributed by atoms with Crippen LogP contribution in [0.25, 0.3) is 0 Å². The predicted octanol–water partition coefficient (Wildman–Crippen LogP) is 3.47. The smallest absolute Gasteiger partial charge is 0.240 e. The Bertz CT molecular complexity index is 438. The Balaban J connectivity index is 2.31. The zero-order chi connectivity index (χ0) is 14.8. The summed E-state index contributed by atoms with van der Waals surface area (Å²) in [5.41, 5.74) is 10.7. The molecule has 0 spiro atoms. The molecule has 20 heavy (non-hydrogen) atoms. The lowest BCUT2D eigenvalue weighted by molar-refractivity contribution is -0.121. The van der Waals surface area contributed by atoms with Gasteiger partial charge in [-0.25, -0.2) is 5.43 Å². The third kappa shape index (κ3) is 6.36. The molecule has 1 aromatic carbocycles. The molecule has 0 aromatic heterocycles. The van der Waals surface area contributed by atoms with Crippen molar-refractivity contribution in [2.24, 2.45) is 5.10 Å². The molecular weight excluding hydrogens is 250 g/mol. The van der Waals surface area contributed by atoms with Gasteiger partial charge in [-0.1, -0.05) is 44.7 Å². The lowest BCUT2D eigenvalue weighted by Crippen LogP contribution is -2.18. The normalized spacial score (nSPS) is 11.4. The Morgan fingerprint density at radius 2 is 1.80 bits per heavy atom. The number of nitrogen functional groups attached to an aromatic ring is 1. The third-order valence-corrected chi connectivity index (χ3v) is 3.18. The summed E-state index contributed by atoms with van der Waals surface area (Å²) in [6, 6.07) is 7.43. The van der Waals surface area contributed by atoms with Crippen LogP contribution in [0.2, 0.25) is 0 Å². The first-order valence-electron chi connectivity index (χ1n) is 7.32. The van der Waals surface area contributed by atoms with Crippen molar-refractivity contribution in [3.8, 4) is 0 Å². The molecule has 0 aliphatic heterocycles. The van der Waals surface area contributed by atoms with Crippen molar-refractivity contribution in [2.75, 3.05) is 5.73 Å². The van der Waals surface area contributed by atoms with Crippen molar-refractivity contribution in [1.82, 2.24) is 5.43 Å². The van der Waals surface area contributed by atoms with Crippen molar-refractivity contribution in [2.45, 2.75) is 52.4 Å². The van der Waals surface area contributed by atoms with E-state index in [1.165, 1.54) is 19.3 Å². The summed E-state index contributed by atoms with van der Waals surface area (Å²) >= 11 is 0. The molecule has 0 aliphatic rings. The molecule has 0 atom stereocenters. The van der Waals surface area contributed by atoms with Gasteiger partial charge in [0.1, 0.15) is 0 Å². The number of anilines is 1. The van der Waals surface area contributed by atoms with E-state index in [9.17, 15) is 4.79 Å². The van der Waals surface area contributed by atoms with E-state index in [4.69, 9.17) is 5.73 Å². The molecule has 1 aromatic rings. The van der Waals surface area contributed by atoms with Crippen LogP contribution in [0.5, 0.6) is 0 Å². The zero-order valence-electron chi connectivity index (χ0n) is 12.5. The van der Waals surface area contributed by atoms with Crippen LogP contribution in [0.15, 0.2) is 29.4 Å². The number of nitrogens with two attached hydrogens (primary N) is 1. The Kier molecular flexibility index (Phi) is 7.40. The molecule has 4 heteroatoms. The monoisotopic (exact) mass is 275 g/mol. The van der Waals surface area contributed by atoms with Gasteiger partial charge in [-0.3, -0.25) is 4.79 Å². The van der Waals surface area contributed by atoms with Crippen LogP contribution in [-0.2, 0) is 4.79 Å². The molecule has 0 unspecified atom stereocenters. The Labute approximate surface area is 121 Å². The first-order chi connectivity index (χ1) is 9.63. The van der Waals surface area contributed by atoms with Crippen molar-refractivity contribution < 1.29 is 4.79 Å². The van der Waals surface area contributed by atoms with E-state index in [-0.39, 0.29) is 5.91 Å². The van der Waals surface area contributed by atoms with Crippen LogP contribution in [0, 0.1) is 0 Å². The van der Waals surface area contributed by atoms with Gasteiger partial charge in [0, 0.05) is 12.1 Å². The van der Waals surface area contributed by atoms with Crippen molar-refractivity contribution in [3.63, 3.8) is 0 Å². The Morgan fingerprint density at radius 3 is 2.45 bits per heavy atom. The van der Waals surface area contributed by atoms with Crippen LogP contribution in [0.3, 0.4) is 0 Å². The fourth-order valence-electron chi connectivity index (χ4n) is 1.88. The highest BCUT2D eigenvalue weighted by Gasteiger charge is 2.01. The molecule has 1 amide bonds. The molecule has 1 rings (SSSR count). The third-order valence-electron chi connectivity index (χ3n) is 3.18. The number of carbonyl (C=O) groups is 1. The maximum atomic E-state index is 11.6. The van der Waals surface area contributed by atoms with E-state index in [2.05, 4.69) is 17.5 Å². The van der Waals surface area contributed by atoms with Crippen LogP contribution in [0.4, 0.5) is 5.69 Å². The second-order valence-corrected chi connectivity index (χ2v) is 5.02. The molecule has 3 N–H and O–H groups in total. The number of hydrogen-bond acceptors (Lipinski definition) is 3.